The van der Waals surface area contributed by atoms with E-state index in [0.29, 0.717) is 51.0 Å². The number of hydrogen-bond donors (Lipinski definition) is 2. The number of rotatable bonds is 8. The molecule has 4 aromatic heterocycles. The predicted octanol–water partition coefficient (Wildman–Crippen LogP) is 10.5. The van der Waals surface area contributed by atoms with Crippen molar-refractivity contribution < 1.29 is 26.3 Å². The summed E-state index contributed by atoms with van der Waals surface area (Å²) in [6, 6.07) is 21.0. The molecular formula is C48H40F6N8O2. The van der Waals surface area contributed by atoms with Crippen LogP contribution in [0.2, 0.25) is 0 Å². The number of hydrogen-bond acceptors (Lipinski definition) is 8. The molecule has 326 valence electrons. The van der Waals surface area contributed by atoms with Gasteiger partial charge in [-0.1, -0.05) is 31.4 Å². The van der Waals surface area contributed by atoms with Crippen LogP contribution in [0.5, 0.6) is 0 Å². The van der Waals surface area contributed by atoms with Crippen LogP contribution < -0.4 is 21.8 Å². The number of aromatic nitrogens is 6. The molecule has 1 fully saturated rings. The molecule has 2 N–H and O–H groups in total. The molecule has 10 nitrogen and oxygen atoms in total. The number of aryl methyl sites for hydroxylation is 2. The molecule has 0 atom stereocenters. The van der Waals surface area contributed by atoms with Crippen LogP contribution in [0.3, 0.4) is 0 Å². The summed E-state index contributed by atoms with van der Waals surface area (Å²) in [4.78, 5) is 43.7. The molecule has 0 unspecified atom stereocenters. The summed E-state index contributed by atoms with van der Waals surface area (Å²) < 4.78 is 87.8. The Labute approximate surface area is 362 Å². The molecule has 0 amide bonds. The molecule has 0 radical (unpaired) electrons. The maximum Gasteiger partial charge on any atom is 0.256 e. The van der Waals surface area contributed by atoms with Crippen LogP contribution in [0.1, 0.15) is 50.2 Å². The maximum atomic E-state index is 14.7. The Morgan fingerprint density at radius 1 is 0.562 bits per heavy atom. The van der Waals surface area contributed by atoms with Crippen LogP contribution in [-0.2, 0) is 0 Å². The van der Waals surface area contributed by atoms with E-state index in [0.717, 1.165) is 59.1 Å². The number of nitrogens with zero attached hydrogens (tertiary/aromatic N) is 6. The zero-order valence-electron chi connectivity index (χ0n) is 34.8. The zero-order valence-corrected chi connectivity index (χ0v) is 34.8. The smallest absolute Gasteiger partial charge is 0.256 e. The molecule has 64 heavy (non-hydrogen) atoms. The van der Waals surface area contributed by atoms with Crippen molar-refractivity contribution in [3.05, 3.63) is 164 Å². The van der Waals surface area contributed by atoms with E-state index in [2.05, 4.69) is 25.6 Å². The van der Waals surface area contributed by atoms with Gasteiger partial charge in [0.1, 0.15) is 46.3 Å². The van der Waals surface area contributed by atoms with Gasteiger partial charge in [0, 0.05) is 46.6 Å². The zero-order chi connectivity index (χ0) is 45.2. The highest BCUT2D eigenvalue weighted by molar-refractivity contribution is 5.94. The standard InChI is InChI=1S/C26H23F3N4O.C22H17F3N4O/c1-15-14-16(27)10-11-18(15)23-19-12-13-22(34)33(24-20(28)8-5-9-21(24)29)25(19)32-26(31-23)30-17-6-3-2-4-7-17;1-3-26-22-27-19(14-8-7-13(23)11-12(14)2)15-9-10-18(30)29(21(15)28-22)20-16(24)5-4-6-17(20)25/h5,8-14,17H,2-4,6-7H2,1H3,(H,30,31,32);4-11H,3H2,1-2H3,(H,26,27,28). The second-order valence-corrected chi connectivity index (χ2v) is 15.3. The van der Waals surface area contributed by atoms with Gasteiger partial charge in [-0.05, 0) is 118 Å². The third-order valence-electron chi connectivity index (χ3n) is 11.0. The fourth-order valence-electron chi connectivity index (χ4n) is 7.99. The summed E-state index contributed by atoms with van der Waals surface area (Å²) in [5, 5.41) is 7.13. The lowest BCUT2D eigenvalue weighted by Crippen LogP contribution is -2.25. The summed E-state index contributed by atoms with van der Waals surface area (Å²) in [7, 11) is 0. The fourth-order valence-corrected chi connectivity index (χ4v) is 7.99. The Morgan fingerprint density at radius 3 is 1.44 bits per heavy atom. The lowest BCUT2D eigenvalue weighted by molar-refractivity contribution is 0.461. The monoisotopic (exact) mass is 874 g/mol. The summed E-state index contributed by atoms with van der Waals surface area (Å²) >= 11 is 0. The van der Waals surface area contributed by atoms with Crippen LogP contribution in [0.15, 0.2) is 107 Å². The third kappa shape index (κ3) is 8.55. The molecule has 1 aliphatic carbocycles. The van der Waals surface area contributed by atoms with E-state index in [1.54, 1.807) is 26.0 Å². The van der Waals surface area contributed by atoms with Gasteiger partial charge in [0.15, 0.2) is 11.3 Å². The SMILES string of the molecule is CCNc1nc(-c2ccc(F)cc2C)c2ccc(=O)n(-c3c(F)cccc3F)c2n1.Cc1cc(F)ccc1-c1nc(NC2CCCCC2)nc2c1ccc(=O)n2-c1c(F)cccc1F. The number of fused-ring (bicyclic) bond motifs is 2. The number of pyridine rings is 2. The number of halogens is 6. The molecule has 0 spiro atoms. The Hall–Kier alpha value is -7.36. The van der Waals surface area contributed by atoms with Crippen molar-refractivity contribution in [3.8, 4) is 33.9 Å². The molecule has 1 saturated carbocycles. The molecule has 16 heteroatoms. The Bertz CT molecular complexity index is 3160. The van der Waals surface area contributed by atoms with Gasteiger partial charge in [0.05, 0.1) is 11.4 Å². The van der Waals surface area contributed by atoms with E-state index >= 15 is 0 Å². The van der Waals surface area contributed by atoms with Gasteiger partial charge in [-0.25, -0.2) is 36.3 Å². The van der Waals surface area contributed by atoms with Gasteiger partial charge < -0.3 is 10.6 Å². The summed E-state index contributed by atoms with van der Waals surface area (Å²) in [6.45, 7) is 5.81. The molecule has 0 bridgehead atoms. The van der Waals surface area contributed by atoms with Gasteiger partial charge in [-0.15, -0.1) is 0 Å². The molecule has 1 aliphatic rings. The Morgan fingerprint density at radius 2 is 1.00 bits per heavy atom. The van der Waals surface area contributed by atoms with E-state index in [9.17, 15) is 35.9 Å². The van der Waals surface area contributed by atoms with Gasteiger partial charge in [-0.2, -0.15) is 9.97 Å². The minimum atomic E-state index is -0.896. The first kappa shape index (κ1) is 43.3. The molecular weight excluding hydrogens is 835 g/mol. The average molecular weight is 875 g/mol. The number of benzene rings is 4. The molecule has 4 aromatic carbocycles. The van der Waals surface area contributed by atoms with Crippen LogP contribution in [0.4, 0.5) is 38.2 Å². The van der Waals surface area contributed by atoms with Crippen LogP contribution in [0.25, 0.3) is 56.0 Å². The third-order valence-corrected chi connectivity index (χ3v) is 11.0. The normalized spacial score (nSPS) is 12.9. The lowest BCUT2D eigenvalue weighted by Gasteiger charge is -2.23. The van der Waals surface area contributed by atoms with Gasteiger partial charge in [0.2, 0.25) is 11.9 Å². The van der Waals surface area contributed by atoms with Crippen molar-refractivity contribution >= 4 is 34.0 Å². The minimum Gasteiger partial charge on any atom is -0.354 e. The summed E-state index contributed by atoms with van der Waals surface area (Å²) in [5.41, 5.74) is 1.20. The minimum absolute atomic E-state index is 0.0381. The van der Waals surface area contributed by atoms with E-state index in [-0.39, 0.29) is 35.1 Å². The quantitative estimate of drug-likeness (QED) is 0.145. The van der Waals surface area contributed by atoms with E-state index in [1.807, 2.05) is 6.92 Å². The lowest BCUT2D eigenvalue weighted by atomic mass is 9.96. The van der Waals surface area contributed by atoms with E-state index in [4.69, 9.17) is 4.98 Å². The molecule has 4 heterocycles. The van der Waals surface area contributed by atoms with E-state index < -0.39 is 51.6 Å². The maximum absolute atomic E-state index is 14.7. The van der Waals surface area contributed by atoms with Crippen molar-refractivity contribution in [1.29, 1.82) is 0 Å². The molecule has 0 aliphatic heterocycles. The topological polar surface area (TPSA) is 120 Å². The fraction of sp³-hybridized carbons (Fsp3) is 0.208. The van der Waals surface area contributed by atoms with Crippen molar-refractivity contribution in [2.75, 3.05) is 17.2 Å². The first-order chi connectivity index (χ1) is 30.8. The predicted molar refractivity (Wildman–Crippen MR) is 235 cm³/mol. The summed E-state index contributed by atoms with van der Waals surface area (Å²) in [6.07, 6.45) is 5.25. The van der Waals surface area contributed by atoms with Crippen molar-refractivity contribution in [1.82, 2.24) is 29.1 Å². The van der Waals surface area contributed by atoms with Crippen molar-refractivity contribution in [2.45, 2.75) is 58.9 Å². The largest absolute Gasteiger partial charge is 0.354 e. The van der Waals surface area contributed by atoms with Crippen LogP contribution in [-0.4, -0.2) is 41.7 Å². The number of nitrogens with one attached hydrogen (secondary N) is 2. The van der Waals surface area contributed by atoms with Crippen molar-refractivity contribution in [3.63, 3.8) is 0 Å². The average Bonchev–Trinajstić information content (AvgIpc) is 3.25. The molecule has 0 saturated heterocycles. The second kappa shape index (κ2) is 18.2. The van der Waals surface area contributed by atoms with E-state index in [1.165, 1.54) is 67.1 Å². The highest BCUT2D eigenvalue weighted by Crippen LogP contribution is 2.34. The van der Waals surface area contributed by atoms with Gasteiger partial charge >= 0.3 is 0 Å². The summed E-state index contributed by atoms with van der Waals surface area (Å²) in [5.74, 6) is -3.89. The van der Waals surface area contributed by atoms with Crippen LogP contribution in [0, 0.1) is 48.8 Å². The molecule has 9 rings (SSSR count). The van der Waals surface area contributed by atoms with Gasteiger partial charge in [0.25, 0.3) is 11.1 Å². The number of anilines is 2. The Balaban J connectivity index is 0.000000176. The molecule has 8 aromatic rings. The van der Waals surface area contributed by atoms with Crippen molar-refractivity contribution in [2.24, 2.45) is 0 Å². The first-order valence-electron chi connectivity index (χ1n) is 20.6. The van der Waals surface area contributed by atoms with Crippen LogP contribution >= 0.6 is 0 Å². The highest BCUT2D eigenvalue weighted by atomic mass is 19.2. The number of para-hydroxylation sites is 2. The first-order valence-corrected chi connectivity index (χ1v) is 20.6. The highest BCUT2D eigenvalue weighted by Gasteiger charge is 2.23. The van der Waals surface area contributed by atoms with Gasteiger partial charge in [-0.3, -0.25) is 18.7 Å². The Kier molecular flexibility index (Phi) is 12.3. The second-order valence-electron chi connectivity index (χ2n) is 15.3.